The van der Waals surface area contributed by atoms with E-state index in [9.17, 15) is 0 Å². The molecule has 0 N–H and O–H groups in total. The van der Waals surface area contributed by atoms with Crippen molar-refractivity contribution < 1.29 is 13.9 Å². The van der Waals surface area contributed by atoms with Gasteiger partial charge in [-0.25, -0.2) is 0 Å². The third kappa shape index (κ3) is 2.54. The van der Waals surface area contributed by atoms with Crippen LogP contribution in [0.1, 0.15) is 0 Å². The van der Waals surface area contributed by atoms with Crippen molar-refractivity contribution in [3.8, 4) is 34.1 Å². The van der Waals surface area contributed by atoms with Crippen molar-refractivity contribution in [2.75, 3.05) is 14.2 Å². The van der Waals surface area contributed by atoms with E-state index in [2.05, 4.69) is 12.1 Å². The maximum Gasteiger partial charge on any atom is 0.146 e. The Morgan fingerprint density at radius 2 is 0.960 bits per heavy atom. The van der Waals surface area contributed by atoms with Crippen LogP contribution in [0.3, 0.4) is 0 Å². The minimum Gasteiger partial charge on any atom is -0.496 e. The highest BCUT2D eigenvalue weighted by Crippen LogP contribution is 2.44. The molecule has 4 aromatic rings. The van der Waals surface area contributed by atoms with Gasteiger partial charge < -0.3 is 13.9 Å². The van der Waals surface area contributed by atoms with Crippen LogP contribution >= 0.6 is 0 Å². The lowest BCUT2D eigenvalue weighted by atomic mass is 10.0. The maximum atomic E-state index is 6.36. The first kappa shape index (κ1) is 15.3. The van der Waals surface area contributed by atoms with Crippen LogP contribution in [0.2, 0.25) is 0 Å². The molecule has 25 heavy (non-hydrogen) atoms. The van der Waals surface area contributed by atoms with Gasteiger partial charge in [0.1, 0.15) is 23.0 Å². The smallest absolute Gasteiger partial charge is 0.146 e. The standard InChI is InChI=1S/C22H18O3/c1-23-19-13-7-5-11-17(19)21-15-9-3-4-10-16(15)22(25-21)18-12-6-8-14-20(18)24-2/h3-14H,1-2H3. The van der Waals surface area contributed by atoms with Crippen molar-refractivity contribution >= 4 is 10.8 Å². The predicted octanol–water partition coefficient (Wildman–Crippen LogP) is 5.78. The van der Waals surface area contributed by atoms with Crippen LogP contribution in [-0.2, 0) is 0 Å². The van der Waals surface area contributed by atoms with Crippen molar-refractivity contribution in [1.82, 2.24) is 0 Å². The second-order valence-corrected chi connectivity index (χ2v) is 5.71. The molecule has 0 aliphatic carbocycles. The zero-order valence-corrected chi connectivity index (χ0v) is 14.2. The van der Waals surface area contributed by atoms with Gasteiger partial charge in [0.15, 0.2) is 0 Å². The van der Waals surface area contributed by atoms with Gasteiger partial charge in [-0.2, -0.15) is 0 Å². The first-order valence-electron chi connectivity index (χ1n) is 8.12. The average molecular weight is 330 g/mol. The van der Waals surface area contributed by atoms with Crippen molar-refractivity contribution in [2.45, 2.75) is 0 Å². The summed E-state index contributed by atoms with van der Waals surface area (Å²) >= 11 is 0. The number of hydrogen-bond acceptors (Lipinski definition) is 3. The molecule has 0 atom stereocenters. The molecule has 1 aromatic heterocycles. The number of ether oxygens (including phenoxy) is 2. The number of para-hydroxylation sites is 2. The van der Waals surface area contributed by atoms with Crippen molar-refractivity contribution in [1.29, 1.82) is 0 Å². The molecule has 0 spiro atoms. The Morgan fingerprint density at radius 3 is 1.40 bits per heavy atom. The molecule has 0 aliphatic heterocycles. The van der Waals surface area contributed by atoms with Gasteiger partial charge in [-0.3, -0.25) is 0 Å². The third-order valence-electron chi connectivity index (χ3n) is 4.32. The first-order valence-corrected chi connectivity index (χ1v) is 8.12. The number of methoxy groups -OCH3 is 2. The highest BCUT2D eigenvalue weighted by molar-refractivity contribution is 6.04. The van der Waals surface area contributed by atoms with Gasteiger partial charge in [-0.05, 0) is 24.3 Å². The summed E-state index contributed by atoms with van der Waals surface area (Å²) in [5, 5.41) is 2.10. The monoisotopic (exact) mass is 330 g/mol. The first-order chi connectivity index (χ1) is 12.3. The Kier molecular flexibility index (Phi) is 3.90. The molecule has 0 radical (unpaired) electrons. The molecular formula is C22H18O3. The third-order valence-corrected chi connectivity index (χ3v) is 4.32. The second kappa shape index (κ2) is 6.36. The Hall–Kier alpha value is -3.20. The van der Waals surface area contributed by atoms with E-state index >= 15 is 0 Å². The molecule has 0 bridgehead atoms. The lowest BCUT2D eigenvalue weighted by molar-refractivity contribution is 0.413. The number of hydrogen-bond donors (Lipinski definition) is 0. The van der Waals surface area contributed by atoms with Gasteiger partial charge in [-0.1, -0.05) is 48.5 Å². The molecule has 3 aromatic carbocycles. The van der Waals surface area contributed by atoms with Crippen LogP contribution in [0.25, 0.3) is 33.4 Å². The van der Waals surface area contributed by atoms with E-state index < -0.39 is 0 Å². The van der Waals surface area contributed by atoms with Crippen LogP contribution in [-0.4, -0.2) is 14.2 Å². The Bertz CT molecular complexity index is 949. The van der Waals surface area contributed by atoms with Gasteiger partial charge >= 0.3 is 0 Å². The molecule has 0 fully saturated rings. The molecule has 3 nitrogen and oxygen atoms in total. The number of rotatable bonds is 4. The Morgan fingerprint density at radius 1 is 0.560 bits per heavy atom. The van der Waals surface area contributed by atoms with E-state index in [1.54, 1.807) is 14.2 Å². The van der Waals surface area contributed by atoms with Gasteiger partial charge in [-0.15, -0.1) is 0 Å². The second-order valence-electron chi connectivity index (χ2n) is 5.71. The highest BCUT2D eigenvalue weighted by Gasteiger charge is 2.20. The summed E-state index contributed by atoms with van der Waals surface area (Å²) in [5.41, 5.74) is 1.87. The quantitative estimate of drug-likeness (QED) is 0.475. The number of benzene rings is 3. The summed E-state index contributed by atoms with van der Waals surface area (Å²) < 4.78 is 17.4. The largest absolute Gasteiger partial charge is 0.496 e. The molecule has 0 saturated carbocycles. The van der Waals surface area contributed by atoms with Crippen LogP contribution in [0.5, 0.6) is 11.5 Å². The molecular weight excluding hydrogens is 312 g/mol. The van der Waals surface area contributed by atoms with Gasteiger partial charge in [0.05, 0.1) is 25.3 Å². The highest BCUT2D eigenvalue weighted by atomic mass is 16.5. The van der Waals surface area contributed by atoms with E-state index in [-0.39, 0.29) is 0 Å². The van der Waals surface area contributed by atoms with Crippen LogP contribution in [0.4, 0.5) is 0 Å². The molecule has 0 saturated heterocycles. The number of fused-ring (bicyclic) bond motifs is 1. The van der Waals surface area contributed by atoms with E-state index in [0.29, 0.717) is 0 Å². The predicted molar refractivity (Wildman–Crippen MR) is 100 cm³/mol. The Labute approximate surface area is 146 Å². The van der Waals surface area contributed by atoms with Crippen LogP contribution < -0.4 is 9.47 Å². The van der Waals surface area contributed by atoms with Gasteiger partial charge in [0.2, 0.25) is 0 Å². The van der Waals surface area contributed by atoms with Crippen molar-refractivity contribution in [3.63, 3.8) is 0 Å². The van der Waals surface area contributed by atoms with E-state index in [1.807, 2.05) is 60.7 Å². The SMILES string of the molecule is COc1ccccc1-c1oc(-c2ccccc2OC)c2ccccc12. The zero-order valence-electron chi connectivity index (χ0n) is 14.2. The lowest BCUT2D eigenvalue weighted by Crippen LogP contribution is -1.86. The number of furan rings is 1. The van der Waals surface area contributed by atoms with Gasteiger partial charge in [0.25, 0.3) is 0 Å². The van der Waals surface area contributed by atoms with Crippen molar-refractivity contribution in [2.24, 2.45) is 0 Å². The molecule has 1 heterocycles. The maximum absolute atomic E-state index is 6.36. The minimum atomic E-state index is 0.786. The fourth-order valence-electron chi connectivity index (χ4n) is 3.16. The molecule has 0 amide bonds. The van der Waals surface area contributed by atoms with Crippen molar-refractivity contribution in [3.05, 3.63) is 72.8 Å². The summed E-state index contributed by atoms with van der Waals surface area (Å²) in [6.07, 6.45) is 0. The summed E-state index contributed by atoms with van der Waals surface area (Å²) in [6.45, 7) is 0. The Balaban J connectivity index is 2.03. The fraction of sp³-hybridized carbons (Fsp3) is 0.0909. The van der Waals surface area contributed by atoms with E-state index in [0.717, 1.165) is 44.9 Å². The lowest BCUT2D eigenvalue weighted by Gasteiger charge is -2.07. The topological polar surface area (TPSA) is 31.6 Å². The molecule has 3 heteroatoms. The average Bonchev–Trinajstić information content (AvgIpc) is 3.07. The normalized spacial score (nSPS) is 10.8. The molecule has 4 rings (SSSR count). The summed E-state index contributed by atoms with van der Waals surface area (Å²) in [6, 6.07) is 23.9. The van der Waals surface area contributed by atoms with Gasteiger partial charge in [0, 0.05) is 10.8 Å². The molecule has 0 unspecified atom stereocenters. The van der Waals surface area contributed by atoms with Crippen LogP contribution in [0.15, 0.2) is 77.2 Å². The van der Waals surface area contributed by atoms with E-state index in [1.165, 1.54) is 0 Å². The summed E-state index contributed by atoms with van der Waals surface area (Å²) in [7, 11) is 3.34. The minimum absolute atomic E-state index is 0.786. The summed E-state index contributed by atoms with van der Waals surface area (Å²) in [4.78, 5) is 0. The molecule has 0 aliphatic rings. The molecule has 124 valence electrons. The van der Waals surface area contributed by atoms with E-state index in [4.69, 9.17) is 13.9 Å². The zero-order chi connectivity index (χ0) is 17.2. The van der Waals surface area contributed by atoms with Crippen LogP contribution in [0, 0.1) is 0 Å². The fourth-order valence-corrected chi connectivity index (χ4v) is 3.16. The summed E-state index contributed by atoms with van der Waals surface area (Å²) in [5.74, 6) is 3.17.